The van der Waals surface area contributed by atoms with Crippen LogP contribution in [0.5, 0.6) is 0 Å². The first kappa shape index (κ1) is 38.8. The Morgan fingerprint density at radius 3 is 1.70 bits per heavy atom. The second-order valence-corrected chi connectivity index (χ2v) is 23.4. The van der Waals surface area contributed by atoms with Gasteiger partial charge in [-0.25, -0.2) is 0 Å². The maximum Gasteiger partial charge on any atom is 0.311 e. The van der Waals surface area contributed by atoms with Gasteiger partial charge in [0.15, 0.2) is 16.6 Å². The Bertz CT molecular complexity index is 791. The fraction of sp³-hybridized carbons (Fsp3) is 0.903. The molecule has 0 aromatic carbocycles. The van der Waals surface area contributed by atoms with Gasteiger partial charge in [0.25, 0.3) is 0 Å². The van der Waals surface area contributed by atoms with Gasteiger partial charge in [-0.3, -0.25) is 14.4 Å². The zero-order chi connectivity index (χ0) is 31.3. The summed E-state index contributed by atoms with van der Waals surface area (Å²) in [6, 6.07) is 0.919. The van der Waals surface area contributed by atoms with E-state index >= 15 is 0 Å². The van der Waals surface area contributed by atoms with Crippen molar-refractivity contribution in [2.45, 2.75) is 145 Å². The molecule has 2 unspecified atom stereocenters. The summed E-state index contributed by atoms with van der Waals surface area (Å²) in [6.45, 7) is 23.1. The molecule has 2 atom stereocenters. The zero-order valence-electron chi connectivity index (χ0n) is 28.1. The van der Waals surface area contributed by atoms with Crippen molar-refractivity contribution in [3.8, 4) is 0 Å². The lowest BCUT2D eigenvalue weighted by Crippen LogP contribution is -2.44. The highest BCUT2D eigenvalue weighted by molar-refractivity contribution is 6.84. The van der Waals surface area contributed by atoms with Crippen molar-refractivity contribution in [2.24, 2.45) is 16.2 Å². The molecule has 0 saturated heterocycles. The topological polar surface area (TPSA) is 88.1 Å². The van der Waals surface area contributed by atoms with Gasteiger partial charge in [-0.05, 0) is 98.6 Å². The minimum Gasteiger partial charge on any atom is -0.469 e. The third-order valence-electron chi connectivity index (χ3n) is 7.59. The van der Waals surface area contributed by atoms with Gasteiger partial charge >= 0.3 is 17.9 Å². The van der Waals surface area contributed by atoms with E-state index in [1.165, 1.54) is 26.4 Å². The van der Waals surface area contributed by atoms with E-state index in [2.05, 4.69) is 39.7 Å². The lowest BCUT2D eigenvalue weighted by molar-refractivity contribution is -0.167. The summed E-state index contributed by atoms with van der Waals surface area (Å²) >= 11 is 0. The van der Waals surface area contributed by atoms with Crippen LogP contribution in [0.3, 0.4) is 0 Å². The number of ether oxygens (including phenoxy) is 3. The summed E-state index contributed by atoms with van der Waals surface area (Å²) in [5, 5.41) is 0. The molecule has 236 valence electrons. The van der Waals surface area contributed by atoms with Crippen LogP contribution in [-0.2, 0) is 32.7 Å². The predicted molar refractivity (Wildman–Crippen MR) is 168 cm³/mol. The van der Waals surface area contributed by atoms with Crippen LogP contribution in [0.15, 0.2) is 0 Å². The number of rotatable bonds is 21. The molecule has 0 fully saturated rings. The monoisotopic (exact) mass is 602 g/mol. The quantitative estimate of drug-likeness (QED) is 0.0565. The third-order valence-corrected chi connectivity index (χ3v) is 13.8. The SMILES string of the molecule is CCCCCCCCOC(=O)C(C)(C)CC(C)(CC(C)(CC)C(=O)OCCC[Si](C)(C)O[Si](C)(C)C)C(=O)OC. The molecule has 0 radical (unpaired) electrons. The van der Waals surface area contributed by atoms with Gasteiger partial charge in [0.2, 0.25) is 0 Å². The number of hydrogen-bond donors (Lipinski definition) is 0. The van der Waals surface area contributed by atoms with Crippen LogP contribution in [0.1, 0.15) is 106 Å². The highest BCUT2D eigenvalue weighted by Gasteiger charge is 2.49. The summed E-state index contributed by atoms with van der Waals surface area (Å²) in [5.41, 5.74) is -2.89. The molecular formula is C31H62O7Si2. The molecule has 0 aliphatic carbocycles. The first-order valence-electron chi connectivity index (χ1n) is 15.4. The molecule has 9 heteroatoms. The van der Waals surface area contributed by atoms with Crippen molar-refractivity contribution in [2.75, 3.05) is 20.3 Å². The van der Waals surface area contributed by atoms with Crippen LogP contribution in [0.2, 0.25) is 38.8 Å². The standard InChI is InChI=1S/C31H62O7Si2/c1-13-15-16-17-18-19-21-36-26(32)29(3,4)24-31(6,27(33)35-7)25-30(5,14-2)28(34)37-22-20-23-40(11,12)38-39(8,9)10/h13-25H2,1-12H3. The summed E-state index contributed by atoms with van der Waals surface area (Å²) in [7, 11) is -2.09. The molecule has 0 amide bonds. The van der Waals surface area contributed by atoms with E-state index in [4.69, 9.17) is 18.3 Å². The van der Waals surface area contributed by atoms with Crippen molar-refractivity contribution < 1.29 is 32.7 Å². The van der Waals surface area contributed by atoms with Gasteiger partial charge < -0.3 is 18.3 Å². The number of carbonyl (C=O) groups is 3. The normalized spacial score (nSPS) is 15.6. The average Bonchev–Trinajstić information content (AvgIpc) is 2.83. The fourth-order valence-corrected chi connectivity index (χ4v) is 13.7. The smallest absolute Gasteiger partial charge is 0.311 e. The van der Waals surface area contributed by atoms with Gasteiger partial charge in [-0.2, -0.15) is 0 Å². The van der Waals surface area contributed by atoms with Crippen LogP contribution in [-0.4, -0.2) is 54.9 Å². The van der Waals surface area contributed by atoms with Gasteiger partial charge in [0.1, 0.15) is 0 Å². The second kappa shape index (κ2) is 17.0. The van der Waals surface area contributed by atoms with E-state index in [-0.39, 0.29) is 24.8 Å². The minimum atomic E-state index is -1.82. The third kappa shape index (κ3) is 14.6. The number of unbranched alkanes of at least 4 members (excludes halogenated alkanes) is 5. The lowest BCUT2D eigenvalue weighted by Gasteiger charge is -2.39. The highest BCUT2D eigenvalue weighted by Crippen LogP contribution is 2.45. The molecule has 0 aliphatic rings. The Hall–Kier alpha value is -1.20. The van der Waals surface area contributed by atoms with E-state index in [1.807, 2.05) is 13.8 Å². The second-order valence-electron chi connectivity index (χ2n) is 14.3. The van der Waals surface area contributed by atoms with Crippen LogP contribution in [0.4, 0.5) is 0 Å². The fourth-order valence-electron chi connectivity index (χ4n) is 5.66. The first-order chi connectivity index (χ1) is 18.3. The highest BCUT2D eigenvalue weighted by atomic mass is 28.4. The average molecular weight is 603 g/mol. The molecule has 0 bridgehead atoms. The lowest BCUT2D eigenvalue weighted by atomic mass is 9.65. The first-order valence-corrected chi connectivity index (χ1v) is 21.9. The van der Waals surface area contributed by atoms with E-state index in [1.54, 1.807) is 20.8 Å². The Labute approximate surface area is 248 Å². The van der Waals surface area contributed by atoms with Crippen molar-refractivity contribution in [1.29, 1.82) is 0 Å². The molecule has 0 N–H and O–H groups in total. The Balaban J connectivity index is 5.27. The van der Waals surface area contributed by atoms with E-state index in [9.17, 15) is 14.4 Å². The Morgan fingerprint density at radius 2 is 1.18 bits per heavy atom. The molecule has 0 heterocycles. The molecule has 0 spiro atoms. The van der Waals surface area contributed by atoms with Crippen LogP contribution >= 0.6 is 0 Å². The van der Waals surface area contributed by atoms with Crippen molar-refractivity contribution in [1.82, 2.24) is 0 Å². The Morgan fingerprint density at radius 1 is 0.650 bits per heavy atom. The molecular weight excluding hydrogens is 541 g/mol. The molecule has 0 saturated carbocycles. The van der Waals surface area contributed by atoms with Crippen LogP contribution in [0, 0.1) is 16.2 Å². The molecule has 0 aromatic heterocycles. The zero-order valence-corrected chi connectivity index (χ0v) is 30.1. The maximum atomic E-state index is 13.3. The number of carbonyl (C=O) groups excluding carboxylic acids is 3. The maximum absolute atomic E-state index is 13.3. The van der Waals surface area contributed by atoms with E-state index < -0.39 is 38.8 Å². The van der Waals surface area contributed by atoms with Gasteiger partial charge in [-0.1, -0.05) is 46.0 Å². The van der Waals surface area contributed by atoms with Gasteiger partial charge in [0.05, 0.1) is 36.6 Å². The summed E-state index contributed by atoms with van der Waals surface area (Å²) < 4.78 is 22.9. The van der Waals surface area contributed by atoms with Gasteiger partial charge in [-0.15, -0.1) is 0 Å². The number of methoxy groups -OCH3 is 1. The Kier molecular flexibility index (Phi) is 16.5. The van der Waals surface area contributed by atoms with Gasteiger partial charge in [0, 0.05) is 0 Å². The molecule has 0 aromatic rings. The van der Waals surface area contributed by atoms with Crippen LogP contribution < -0.4 is 0 Å². The predicted octanol–water partition coefficient (Wildman–Crippen LogP) is 8.28. The summed E-state index contributed by atoms with van der Waals surface area (Å²) in [6.07, 6.45) is 8.33. The van der Waals surface area contributed by atoms with E-state index in [0.717, 1.165) is 31.7 Å². The largest absolute Gasteiger partial charge is 0.469 e. The van der Waals surface area contributed by atoms with Crippen molar-refractivity contribution >= 4 is 34.5 Å². The number of esters is 3. The molecule has 40 heavy (non-hydrogen) atoms. The van der Waals surface area contributed by atoms with Crippen molar-refractivity contribution in [3.05, 3.63) is 0 Å². The molecule has 0 rings (SSSR count). The minimum absolute atomic E-state index is 0.207. The molecule has 0 aliphatic heterocycles. The summed E-state index contributed by atoms with van der Waals surface area (Å²) in [4.78, 5) is 39.4. The van der Waals surface area contributed by atoms with Crippen LogP contribution in [0.25, 0.3) is 0 Å². The van der Waals surface area contributed by atoms with Crippen molar-refractivity contribution in [3.63, 3.8) is 0 Å². The molecule has 7 nitrogen and oxygen atoms in total. The van der Waals surface area contributed by atoms with E-state index in [0.29, 0.717) is 19.6 Å². The summed E-state index contributed by atoms with van der Waals surface area (Å²) in [5.74, 6) is -1.09. The number of hydrogen-bond acceptors (Lipinski definition) is 7.